The molecular weight excluding hydrogens is 520 g/mol. The molecule has 1 fully saturated rings. The first kappa shape index (κ1) is 27.9. The van der Waals surface area contributed by atoms with E-state index in [1.165, 1.54) is 23.2 Å². The maximum atomic E-state index is 13.5. The number of aliphatic hydroxyl groups is 1. The monoisotopic (exact) mass is 552 g/mol. The molecule has 1 aliphatic rings. The molecule has 0 bridgehead atoms. The number of rotatable bonds is 9. The molecule has 4 rings (SSSR count). The van der Waals surface area contributed by atoms with Crippen molar-refractivity contribution >= 4 is 27.6 Å². The molecule has 206 valence electrons. The van der Waals surface area contributed by atoms with E-state index in [2.05, 4.69) is 10.0 Å². The molecule has 1 aromatic heterocycles. The number of nitrogens with one attached hydrogen (secondary N) is 3. The van der Waals surface area contributed by atoms with Gasteiger partial charge in [0.05, 0.1) is 10.9 Å². The minimum absolute atomic E-state index is 0.00728. The first-order valence-electron chi connectivity index (χ1n) is 12.6. The number of hydrogen-bond donors (Lipinski definition) is 5. The Kier molecular flexibility index (Phi) is 8.67. The first-order chi connectivity index (χ1) is 18.7. The van der Waals surface area contributed by atoms with Crippen LogP contribution >= 0.6 is 0 Å². The number of benzene rings is 2. The van der Waals surface area contributed by atoms with E-state index >= 15 is 0 Å². The van der Waals surface area contributed by atoms with Gasteiger partial charge in [0.15, 0.2) is 5.96 Å². The lowest BCUT2D eigenvalue weighted by molar-refractivity contribution is -0.125. The van der Waals surface area contributed by atoms with Crippen LogP contribution in [0.5, 0.6) is 0 Å². The second-order valence-electron chi connectivity index (χ2n) is 9.36. The zero-order valence-corrected chi connectivity index (χ0v) is 22.1. The molecule has 1 unspecified atom stereocenters. The van der Waals surface area contributed by atoms with Gasteiger partial charge < -0.3 is 25.6 Å². The molecule has 39 heavy (non-hydrogen) atoms. The third kappa shape index (κ3) is 6.84. The summed E-state index contributed by atoms with van der Waals surface area (Å²) in [6, 6.07) is 18.3. The van der Waals surface area contributed by atoms with Crippen LogP contribution < -0.4 is 21.3 Å². The van der Waals surface area contributed by atoms with E-state index in [1.54, 1.807) is 24.3 Å². The molecule has 0 spiro atoms. The molecule has 2 heterocycles. The zero-order chi connectivity index (χ0) is 28.0. The molecule has 6 N–H and O–H groups in total. The molecule has 0 radical (unpaired) electrons. The molecule has 2 aromatic carbocycles. The molecular formula is C27H32N6O5S. The summed E-state index contributed by atoms with van der Waals surface area (Å²) in [4.78, 5) is 27.6. The highest BCUT2D eigenvalue weighted by molar-refractivity contribution is 7.92. The van der Waals surface area contributed by atoms with Gasteiger partial charge in [-0.25, -0.2) is 8.42 Å². The van der Waals surface area contributed by atoms with Crippen molar-refractivity contribution in [1.82, 2.24) is 14.8 Å². The number of amides is 1. The maximum Gasteiger partial charge on any atom is 0.275 e. The van der Waals surface area contributed by atoms with Crippen molar-refractivity contribution in [3.05, 3.63) is 94.4 Å². The van der Waals surface area contributed by atoms with Crippen molar-refractivity contribution in [2.45, 2.75) is 49.4 Å². The highest BCUT2D eigenvalue weighted by atomic mass is 32.2. The Morgan fingerprint density at radius 1 is 1.05 bits per heavy atom. The van der Waals surface area contributed by atoms with E-state index in [0.717, 1.165) is 10.1 Å². The van der Waals surface area contributed by atoms with Crippen LogP contribution in [0.25, 0.3) is 0 Å². The molecule has 1 saturated heterocycles. The van der Waals surface area contributed by atoms with Crippen molar-refractivity contribution in [1.29, 1.82) is 5.41 Å². The summed E-state index contributed by atoms with van der Waals surface area (Å²) in [5.41, 5.74) is 6.26. The number of nitrogens with zero attached hydrogens (tertiary/aromatic N) is 2. The topological polar surface area (TPSA) is 171 Å². The Morgan fingerprint density at radius 3 is 2.38 bits per heavy atom. The fourth-order valence-corrected chi connectivity index (χ4v) is 5.69. The number of anilines is 1. The van der Waals surface area contributed by atoms with Crippen LogP contribution in [0.4, 0.5) is 5.69 Å². The van der Waals surface area contributed by atoms with Crippen molar-refractivity contribution < 1.29 is 18.3 Å². The van der Waals surface area contributed by atoms with Gasteiger partial charge in [-0.3, -0.25) is 19.7 Å². The van der Waals surface area contributed by atoms with Crippen LogP contribution in [0.1, 0.15) is 24.0 Å². The minimum atomic E-state index is -4.07. The van der Waals surface area contributed by atoms with Gasteiger partial charge in [0, 0.05) is 12.7 Å². The van der Waals surface area contributed by atoms with Crippen LogP contribution in [0.2, 0.25) is 0 Å². The predicted molar refractivity (Wildman–Crippen MR) is 148 cm³/mol. The normalized spacial score (nSPS) is 17.4. The molecule has 0 saturated carbocycles. The molecule has 2 atom stereocenters. The Labute approximate surface area is 226 Å². The summed E-state index contributed by atoms with van der Waals surface area (Å²) in [6.07, 6.45) is 2.37. The number of aryl methyl sites for hydroxylation is 2. The van der Waals surface area contributed by atoms with E-state index < -0.39 is 33.8 Å². The average Bonchev–Trinajstić information content (AvgIpc) is 2.92. The fraction of sp³-hybridized carbons (Fsp3) is 0.296. The van der Waals surface area contributed by atoms with E-state index in [9.17, 15) is 23.1 Å². The molecule has 0 aliphatic carbocycles. The van der Waals surface area contributed by atoms with Crippen molar-refractivity contribution in [2.24, 2.45) is 5.73 Å². The van der Waals surface area contributed by atoms with Gasteiger partial charge in [-0.05, 0) is 55.0 Å². The van der Waals surface area contributed by atoms with E-state index in [4.69, 9.17) is 11.1 Å². The zero-order valence-electron chi connectivity index (χ0n) is 21.3. The average molecular weight is 553 g/mol. The number of guanidine groups is 1. The van der Waals surface area contributed by atoms with Crippen molar-refractivity contribution in [3.8, 4) is 0 Å². The van der Waals surface area contributed by atoms with E-state index in [0.29, 0.717) is 37.8 Å². The summed E-state index contributed by atoms with van der Waals surface area (Å²) in [6.45, 7) is 0.0127. The lowest BCUT2D eigenvalue weighted by Gasteiger charge is -2.38. The largest absolute Gasteiger partial charge is 0.371 e. The molecule has 1 amide bonds. The Morgan fingerprint density at radius 2 is 1.72 bits per heavy atom. The quantitative estimate of drug-likeness (QED) is 0.196. The van der Waals surface area contributed by atoms with Gasteiger partial charge in [-0.15, -0.1) is 0 Å². The lowest BCUT2D eigenvalue weighted by Crippen LogP contribution is -2.58. The smallest absolute Gasteiger partial charge is 0.275 e. The summed E-state index contributed by atoms with van der Waals surface area (Å²) < 4.78 is 29.8. The maximum absolute atomic E-state index is 13.5. The van der Waals surface area contributed by atoms with Crippen LogP contribution in [0, 0.1) is 5.41 Å². The van der Waals surface area contributed by atoms with Crippen LogP contribution in [-0.4, -0.2) is 53.7 Å². The molecule has 12 heteroatoms. The SMILES string of the molecule is N=C(N)N1CCC[C@H](NC(=O)Cn2ccc(CCc3ccccc3)c(NS(=O)(=O)c3ccccc3)c2=O)C1O. The number of sulfonamides is 1. The van der Waals surface area contributed by atoms with Crippen LogP contribution in [0.3, 0.4) is 0 Å². The molecule has 1 aliphatic heterocycles. The Bertz CT molecular complexity index is 1480. The minimum Gasteiger partial charge on any atom is -0.371 e. The highest BCUT2D eigenvalue weighted by Crippen LogP contribution is 2.19. The van der Waals surface area contributed by atoms with E-state index in [1.807, 2.05) is 30.3 Å². The third-order valence-electron chi connectivity index (χ3n) is 6.63. The van der Waals surface area contributed by atoms with Crippen LogP contribution in [0.15, 0.2) is 82.6 Å². The number of carbonyl (C=O) groups is 1. The number of likely N-dealkylation sites (tertiary alicyclic amines) is 1. The Balaban J connectivity index is 1.58. The molecule has 3 aromatic rings. The summed E-state index contributed by atoms with van der Waals surface area (Å²) in [5, 5.41) is 20.8. The first-order valence-corrected chi connectivity index (χ1v) is 14.1. The van der Waals surface area contributed by atoms with E-state index in [-0.39, 0.29) is 23.1 Å². The second kappa shape index (κ2) is 12.1. The third-order valence-corrected chi connectivity index (χ3v) is 8.00. The number of aromatic nitrogens is 1. The number of hydrogen-bond acceptors (Lipinski definition) is 6. The van der Waals surface area contributed by atoms with Crippen LogP contribution in [-0.2, 0) is 34.2 Å². The van der Waals surface area contributed by atoms with Gasteiger partial charge in [0.2, 0.25) is 5.91 Å². The summed E-state index contributed by atoms with van der Waals surface area (Å²) in [5.74, 6) is -0.834. The predicted octanol–water partition coefficient (Wildman–Crippen LogP) is 1.23. The van der Waals surface area contributed by atoms with Gasteiger partial charge in [0.25, 0.3) is 15.6 Å². The van der Waals surface area contributed by atoms with Gasteiger partial charge >= 0.3 is 0 Å². The van der Waals surface area contributed by atoms with Gasteiger partial charge in [-0.1, -0.05) is 48.5 Å². The summed E-state index contributed by atoms with van der Waals surface area (Å²) in [7, 11) is -4.07. The highest BCUT2D eigenvalue weighted by Gasteiger charge is 2.31. The standard InChI is InChI=1S/C27H32N6O5S/c28-27(29)33-16-7-12-22(25(33)35)30-23(34)18-32-17-15-20(14-13-19-8-3-1-4-9-19)24(26(32)36)31-39(37,38)21-10-5-2-6-11-21/h1-6,8-11,15,17,22,25,31,35H,7,12-14,16,18H2,(H3,28,29)(H,30,34)/t22-,25?/m0/s1. The fourth-order valence-electron chi connectivity index (χ4n) is 4.57. The number of aliphatic hydroxyl groups excluding tert-OH is 1. The summed E-state index contributed by atoms with van der Waals surface area (Å²) >= 11 is 0. The Hall–Kier alpha value is -4.16. The number of piperidine rings is 1. The van der Waals surface area contributed by atoms with Crippen molar-refractivity contribution in [2.75, 3.05) is 11.3 Å². The lowest BCUT2D eigenvalue weighted by atomic mass is 10.0. The van der Waals surface area contributed by atoms with Gasteiger partial charge in [0.1, 0.15) is 18.5 Å². The number of carbonyl (C=O) groups excluding carboxylic acids is 1. The molecule has 11 nitrogen and oxygen atoms in total. The van der Waals surface area contributed by atoms with Crippen molar-refractivity contribution in [3.63, 3.8) is 0 Å². The number of pyridine rings is 1. The number of nitrogens with two attached hydrogens (primary N) is 1. The second-order valence-corrected chi connectivity index (χ2v) is 11.0. The van der Waals surface area contributed by atoms with Gasteiger partial charge in [-0.2, -0.15) is 0 Å².